The van der Waals surface area contributed by atoms with Crippen molar-refractivity contribution in [1.29, 1.82) is 0 Å². The summed E-state index contributed by atoms with van der Waals surface area (Å²) < 4.78 is 0. The number of amides is 1. The number of nitrogens with zero attached hydrogens (tertiary/aromatic N) is 1. The minimum absolute atomic E-state index is 0.0405. The van der Waals surface area contributed by atoms with Gasteiger partial charge in [0.2, 0.25) is 0 Å². The molecule has 1 aromatic rings. The Hall–Kier alpha value is -1.28. The molecule has 1 amide bonds. The van der Waals surface area contributed by atoms with E-state index >= 15 is 0 Å². The lowest BCUT2D eigenvalue weighted by Gasteiger charge is -2.20. The first-order valence-electron chi connectivity index (χ1n) is 5.78. The lowest BCUT2D eigenvalue weighted by atomic mass is 10.1. The molecule has 0 saturated carbocycles. The van der Waals surface area contributed by atoms with E-state index in [1.165, 1.54) is 0 Å². The molecule has 1 aromatic carbocycles. The molecule has 0 aliphatic heterocycles. The third-order valence-corrected chi connectivity index (χ3v) is 2.77. The van der Waals surface area contributed by atoms with Gasteiger partial charge in [-0.1, -0.05) is 25.1 Å². The van der Waals surface area contributed by atoms with Gasteiger partial charge >= 0.3 is 0 Å². The van der Waals surface area contributed by atoms with Crippen LogP contribution in [0.25, 0.3) is 0 Å². The van der Waals surface area contributed by atoms with Crippen LogP contribution in [-0.4, -0.2) is 23.9 Å². The van der Waals surface area contributed by atoms with Crippen LogP contribution >= 0.6 is 11.6 Å². The largest absolute Gasteiger partial charge is 0.335 e. The summed E-state index contributed by atoms with van der Waals surface area (Å²) in [6, 6.07) is 7.45. The highest BCUT2D eigenvalue weighted by Gasteiger charge is 2.13. The first-order valence-corrected chi connectivity index (χ1v) is 6.31. The zero-order chi connectivity index (χ0) is 12.7. The molecule has 0 saturated heterocycles. The molecule has 0 aromatic heterocycles. The van der Waals surface area contributed by atoms with Gasteiger partial charge < -0.3 is 4.90 Å². The standard InChI is InChI=1S/C14H18ClNO/c1-3-8-16(9-4-2)14(17)13-7-5-6-12(10-13)11-15/h3,5-7,10H,1,4,8-9,11H2,2H3. The van der Waals surface area contributed by atoms with Gasteiger partial charge in [0.05, 0.1) is 0 Å². The van der Waals surface area contributed by atoms with E-state index < -0.39 is 0 Å². The molecule has 0 atom stereocenters. The van der Waals surface area contributed by atoms with Crippen molar-refractivity contribution < 1.29 is 4.79 Å². The summed E-state index contributed by atoms with van der Waals surface area (Å²) in [5.41, 5.74) is 1.66. The fourth-order valence-electron chi connectivity index (χ4n) is 1.67. The van der Waals surface area contributed by atoms with Gasteiger partial charge in [-0.15, -0.1) is 18.2 Å². The number of carbonyl (C=O) groups is 1. The van der Waals surface area contributed by atoms with E-state index in [-0.39, 0.29) is 5.91 Å². The first-order chi connectivity index (χ1) is 8.22. The molecular formula is C14H18ClNO. The van der Waals surface area contributed by atoms with Crippen molar-refractivity contribution in [2.45, 2.75) is 19.2 Å². The molecule has 0 unspecified atom stereocenters. The topological polar surface area (TPSA) is 20.3 Å². The van der Waals surface area contributed by atoms with Gasteiger partial charge in [0.25, 0.3) is 5.91 Å². The number of hydrogen-bond acceptors (Lipinski definition) is 1. The smallest absolute Gasteiger partial charge is 0.254 e. The van der Waals surface area contributed by atoms with E-state index in [1.807, 2.05) is 24.3 Å². The molecule has 0 radical (unpaired) electrons. The third-order valence-electron chi connectivity index (χ3n) is 2.46. The number of benzene rings is 1. The minimum Gasteiger partial charge on any atom is -0.335 e. The van der Waals surface area contributed by atoms with Gasteiger partial charge in [-0.2, -0.15) is 0 Å². The van der Waals surface area contributed by atoms with E-state index in [9.17, 15) is 4.79 Å². The Morgan fingerprint density at radius 2 is 2.29 bits per heavy atom. The highest BCUT2D eigenvalue weighted by atomic mass is 35.5. The molecule has 17 heavy (non-hydrogen) atoms. The minimum atomic E-state index is 0.0405. The average molecular weight is 252 g/mol. The Bertz CT molecular complexity index is 390. The van der Waals surface area contributed by atoms with Gasteiger partial charge in [-0.05, 0) is 24.1 Å². The van der Waals surface area contributed by atoms with Gasteiger partial charge in [0.1, 0.15) is 0 Å². The van der Waals surface area contributed by atoms with Crippen molar-refractivity contribution in [3.63, 3.8) is 0 Å². The Labute approximate surface area is 108 Å². The number of halogens is 1. The summed E-state index contributed by atoms with van der Waals surface area (Å²) in [7, 11) is 0. The molecular weight excluding hydrogens is 234 g/mol. The molecule has 0 aliphatic rings. The van der Waals surface area contributed by atoms with Crippen molar-refractivity contribution in [1.82, 2.24) is 4.90 Å². The maximum atomic E-state index is 12.2. The summed E-state index contributed by atoms with van der Waals surface area (Å²) in [6.45, 7) is 7.06. The van der Waals surface area contributed by atoms with Crippen LogP contribution in [0.3, 0.4) is 0 Å². The monoisotopic (exact) mass is 251 g/mol. The van der Waals surface area contributed by atoms with Crippen LogP contribution in [0.15, 0.2) is 36.9 Å². The van der Waals surface area contributed by atoms with Crippen molar-refractivity contribution in [3.05, 3.63) is 48.0 Å². The number of carbonyl (C=O) groups excluding carboxylic acids is 1. The SMILES string of the molecule is C=CCN(CCC)C(=O)c1cccc(CCl)c1. The molecule has 2 nitrogen and oxygen atoms in total. The molecule has 92 valence electrons. The molecule has 0 bridgehead atoms. The number of rotatable bonds is 6. The van der Waals surface area contributed by atoms with Gasteiger partial charge in [-0.25, -0.2) is 0 Å². The van der Waals surface area contributed by atoms with E-state index in [0.717, 1.165) is 18.5 Å². The Morgan fingerprint density at radius 1 is 1.53 bits per heavy atom. The van der Waals surface area contributed by atoms with Crippen molar-refractivity contribution >= 4 is 17.5 Å². The highest BCUT2D eigenvalue weighted by molar-refractivity contribution is 6.17. The van der Waals surface area contributed by atoms with Crippen molar-refractivity contribution in [2.24, 2.45) is 0 Å². The molecule has 0 N–H and O–H groups in total. The van der Waals surface area contributed by atoms with Crippen LogP contribution in [0.5, 0.6) is 0 Å². The van der Waals surface area contributed by atoms with E-state index in [2.05, 4.69) is 13.5 Å². The summed E-state index contributed by atoms with van der Waals surface area (Å²) in [5.74, 6) is 0.467. The molecule has 0 spiro atoms. The maximum absolute atomic E-state index is 12.2. The van der Waals surface area contributed by atoms with Crippen molar-refractivity contribution in [2.75, 3.05) is 13.1 Å². The van der Waals surface area contributed by atoms with E-state index in [0.29, 0.717) is 18.0 Å². The van der Waals surface area contributed by atoms with E-state index in [1.54, 1.807) is 11.0 Å². The lowest BCUT2D eigenvalue weighted by molar-refractivity contribution is 0.0774. The van der Waals surface area contributed by atoms with E-state index in [4.69, 9.17) is 11.6 Å². The van der Waals surface area contributed by atoms with Crippen LogP contribution in [0, 0.1) is 0 Å². The Kier molecular flexibility index (Phi) is 5.78. The Balaban J connectivity index is 2.87. The molecule has 0 fully saturated rings. The lowest BCUT2D eigenvalue weighted by Crippen LogP contribution is -2.31. The van der Waals surface area contributed by atoms with Gasteiger partial charge in [0.15, 0.2) is 0 Å². The number of alkyl halides is 1. The highest BCUT2D eigenvalue weighted by Crippen LogP contribution is 2.11. The summed E-state index contributed by atoms with van der Waals surface area (Å²) in [5, 5.41) is 0. The van der Waals surface area contributed by atoms with Gasteiger partial charge in [-0.3, -0.25) is 4.79 Å². The quantitative estimate of drug-likeness (QED) is 0.560. The fourth-order valence-corrected chi connectivity index (χ4v) is 1.84. The summed E-state index contributed by atoms with van der Waals surface area (Å²) in [6.07, 6.45) is 2.69. The fraction of sp³-hybridized carbons (Fsp3) is 0.357. The van der Waals surface area contributed by atoms with Crippen LogP contribution in [0.4, 0.5) is 0 Å². The molecule has 1 rings (SSSR count). The van der Waals surface area contributed by atoms with Gasteiger partial charge in [0, 0.05) is 24.5 Å². The van der Waals surface area contributed by atoms with Crippen LogP contribution in [-0.2, 0) is 5.88 Å². The predicted molar refractivity (Wildman–Crippen MR) is 72.4 cm³/mol. The second kappa shape index (κ2) is 7.13. The third kappa shape index (κ3) is 3.90. The molecule has 0 heterocycles. The van der Waals surface area contributed by atoms with Crippen LogP contribution in [0.1, 0.15) is 29.3 Å². The zero-order valence-corrected chi connectivity index (χ0v) is 10.9. The first kappa shape index (κ1) is 13.8. The van der Waals surface area contributed by atoms with Crippen LogP contribution in [0.2, 0.25) is 0 Å². The maximum Gasteiger partial charge on any atom is 0.254 e. The zero-order valence-electron chi connectivity index (χ0n) is 10.2. The summed E-state index contributed by atoms with van der Waals surface area (Å²) >= 11 is 5.76. The normalized spacial score (nSPS) is 10.0. The van der Waals surface area contributed by atoms with Crippen molar-refractivity contribution in [3.8, 4) is 0 Å². The Morgan fingerprint density at radius 3 is 2.88 bits per heavy atom. The second-order valence-electron chi connectivity index (χ2n) is 3.87. The predicted octanol–water partition coefficient (Wildman–Crippen LogP) is 3.46. The number of hydrogen-bond donors (Lipinski definition) is 0. The molecule has 0 aliphatic carbocycles. The molecule has 3 heteroatoms. The average Bonchev–Trinajstić information content (AvgIpc) is 2.38. The summed E-state index contributed by atoms with van der Waals surface area (Å²) in [4.78, 5) is 14.0. The van der Waals surface area contributed by atoms with Crippen LogP contribution < -0.4 is 0 Å². The second-order valence-corrected chi connectivity index (χ2v) is 4.14.